The molecule has 2 aromatic carbocycles. The molecular formula is C20H23ClN2O2. The fourth-order valence-electron chi connectivity index (χ4n) is 2.49. The van der Waals surface area contributed by atoms with E-state index in [0.717, 1.165) is 11.1 Å². The Bertz CT molecular complexity index is 687. The fourth-order valence-corrected chi connectivity index (χ4v) is 2.62. The van der Waals surface area contributed by atoms with Crippen molar-refractivity contribution >= 4 is 23.4 Å². The van der Waals surface area contributed by atoms with E-state index in [9.17, 15) is 9.59 Å². The summed E-state index contributed by atoms with van der Waals surface area (Å²) in [5.41, 5.74) is 2.15. The van der Waals surface area contributed by atoms with Crippen LogP contribution in [0.2, 0.25) is 5.02 Å². The molecule has 1 N–H and O–H groups in total. The summed E-state index contributed by atoms with van der Waals surface area (Å²) in [5, 5.41) is 3.49. The lowest BCUT2D eigenvalue weighted by atomic mass is 10.1. The Morgan fingerprint density at radius 3 is 2.32 bits per heavy atom. The number of hydrogen-bond acceptors (Lipinski definition) is 2. The Kier molecular flexibility index (Phi) is 7.48. The van der Waals surface area contributed by atoms with Gasteiger partial charge in [0.2, 0.25) is 11.8 Å². The Hall–Kier alpha value is -2.33. The molecular weight excluding hydrogens is 336 g/mol. The van der Waals surface area contributed by atoms with Crippen molar-refractivity contribution in [3.63, 3.8) is 0 Å². The van der Waals surface area contributed by atoms with Crippen molar-refractivity contribution in [1.82, 2.24) is 10.2 Å². The first kappa shape index (κ1) is 19.0. The molecule has 0 heterocycles. The molecule has 2 rings (SSSR count). The van der Waals surface area contributed by atoms with Crippen LogP contribution in [0, 0.1) is 0 Å². The molecule has 2 amide bonds. The lowest BCUT2D eigenvalue weighted by molar-refractivity contribution is -0.136. The average Bonchev–Trinajstić information content (AvgIpc) is 2.62. The van der Waals surface area contributed by atoms with E-state index in [1.807, 2.05) is 61.5 Å². The molecule has 0 atom stereocenters. The van der Waals surface area contributed by atoms with Gasteiger partial charge in [-0.15, -0.1) is 0 Å². The highest BCUT2D eigenvalue weighted by atomic mass is 35.5. The van der Waals surface area contributed by atoms with Crippen molar-refractivity contribution in [3.8, 4) is 0 Å². The van der Waals surface area contributed by atoms with Crippen LogP contribution < -0.4 is 5.32 Å². The molecule has 0 spiro atoms. The van der Waals surface area contributed by atoms with Crippen LogP contribution in [0.3, 0.4) is 0 Å². The summed E-state index contributed by atoms with van der Waals surface area (Å²) in [6.07, 6.45) is 0.583. The van der Waals surface area contributed by atoms with Crippen molar-refractivity contribution in [2.45, 2.75) is 26.3 Å². The Morgan fingerprint density at radius 2 is 1.68 bits per heavy atom. The topological polar surface area (TPSA) is 49.4 Å². The number of benzene rings is 2. The molecule has 0 radical (unpaired) electrons. The molecule has 0 aliphatic carbocycles. The van der Waals surface area contributed by atoms with E-state index in [1.54, 1.807) is 4.90 Å². The Morgan fingerprint density at radius 1 is 1.00 bits per heavy atom. The minimum Gasteiger partial charge on any atom is -0.355 e. The fraction of sp³-hybridized carbons (Fsp3) is 0.300. The number of halogens is 1. The van der Waals surface area contributed by atoms with Gasteiger partial charge in [0, 0.05) is 24.7 Å². The normalized spacial score (nSPS) is 10.3. The maximum atomic E-state index is 12.3. The second-order valence-corrected chi connectivity index (χ2v) is 6.23. The summed E-state index contributed by atoms with van der Waals surface area (Å²) < 4.78 is 0. The summed E-state index contributed by atoms with van der Waals surface area (Å²) >= 11 is 5.84. The number of amides is 2. The molecule has 0 aromatic heterocycles. The van der Waals surface area contributed by atoms with E-state index in [1.165, 1.54) is 0 Å². The summed E-state index contributed by atoms with van der Waals surface area (Å²) in [7, 11) is 0. The van der Waals surface area contributed by atoms with Gasteiger partial charge >= 0.3 is 0 Å². The number of rotatable bonds is 8. The molecule has 0 fully saturated rings. The van der Waals surface area contributed by atoms with Crippen LogP contribution in [0.4, 0.5) is 0 Å². The van der Waals surface area contributed by atoms with Gasteiger partial charge in [-0.05, 0) is 36.6 Å². The van der Waals surface area contributed by atoms with Crippen LogP contribution in [0.1, 0.15) is 24.5 Å². The summed E-state index contributed by atoms with van der Waals surface area (Å²) in [6, 6.07) is 17.3. The first-order valence-corrected chi connectivity index (χ1v) is 8.79. The van der Waals surface area contributed by atoms with Crippen LogP contribution in [-0.2, 0) is 22.6 Å². The Balaban J connectivity index is 1.76. The first-order valence-electron chi connectivity index (χ1n) is 8.41. The monoisotopic (exact) mass is 358 g/mol. The van der Waals surface area contributed by atoms with Crippen molar-refractivity contribution in [3.05, 3.63) is 70.7 Å². The highest BCUT2D eigenvalue weighted by molar-refractivity contribution is 6.30. The van der Waals surface area contributed by atoms with Gasteiger partial charge in [0.05, 0.1) is 0 Å². The molecule has 0 aliphatic heterocycles. The van der Waals surface area contributed by atoms with Crippen LogP contribution in [-0.4, -0.2) is 29.8 Å². The number of nitrogens with one attached hydrogen (secondary N) is 1. The Labute approximate surface area is 153 Å². The van der Waals surface area contributed by atoms with Crippen molar-refractivity contribution in [2.75, 3.05) is 13.1 Å². The zero-order valence-corrected chi connectivity index (χ0v) is 15.1. The minimum atomic E-state index is -0.245. The number of nitrogens with zero attached hydrogens (tertiary/aromatic N) is 1. The third-order valence-electron chi connectivity index (χ3n) is 3.91. The predicted molar refractivity (Wildman–Crippen MR) is 100 cm³/mol. The standard InChI is InChI=1S/C20H23ClN2O2/c1-2-23(15-17-6-4-3-5-7-17)20(25)14-19(24)22-13-12-16-8-10-18(21)11-9-16/h3-11H,2,12-15H2,1H3,(H,22,24). The van der Waals surface area contributed by atoms with E-state index >= 15 is 0 Å². The molecule has 132 valence electrons. The van der Waals surface area contributed by atoms with Crippen LogP contribution in [0.15, 0.2) is 54.6 Å². The number of carbonyl (C=O) groups excluding carboxylic acids is 2. The summed E-state index contributed by atoms with van der Waals surface area (Å²) in [5.74, 6) is -0.402. The molecule has 0 aliphatic rings. The highest BCUT2D eigenvalue weighted by Crippen LogP contribution is 2.09. The first-order chi connectivity index (χ1) is 12.1. The van der Waals surface area contributed by atoms with Gasteiger partial charge in [-0.1, -0.05) is 54.1 Å². The van der Waals surface area contributed by atoms with E-state index in [-0.39, 0.29) is 18.2 Å². The largest absolute Gasteiger partial charge is 0.355 e. The molecule has 0 bridgehead atoms. The zero-order valence-electron chi connectivity index (χ0n) is 14.4. The molecule has 25 heavy (non-hydrogen) atoms. The predicted octanol–water partition coefficient (Wildman–Crippen LogP) is 3.44. The lowest BCUT2D eigenvalue weighted by Crippen LogP contribution is -2.35. The van der Waals surface area contributed by atoms with Gasteiger partial charge in [0.25, 0.3) is 0 Å². The van der Waals surface area contributed by atoms with Crippen LogP contribution in [0.5, 0.6) is 0 Å². The molecule has 0 saturated carbocycles. The third-order valence-corrected chi connectivity index (χ3v) is 4.16. The molecule has 0 unspecified atom stereocenters. The maximum Gasteiger partial charge on any atom is 0.232 e. The third kappa shape index (κ3) is 6.59. The van der Waals surface area contributed by atoms with E-state index in [4.69, 9.17) is 11.6 Å². The summed E-state index contributed by atoms with van der Waals surface area (Å²) in [6.45, 7) is 3.51. The van der Waals surface area contributed by atoms with Crippen LogP contribution >= 0.6 is 11.6 Å². The highest BCUT2D eigenvalue weighted by Gasteiger charge is 2.16. The van der Waals surface area contributed by atoms with Crippen molar-refractivity contribution < 1.29 is 9.59 Å². The van der Waals surface area contributed by atoms with E-state index in [2.05, 4.69) is 5.32 Å². The molecule has 4 nitrogen and oxygen atoms in total. The van der Waals surface area contributed by atoms with Crippen molar-refractivity contribution in [1.29, 1.82) is 0 Å². The molecule has 2 aromatic rings. The van der Waals surface area contributed by atoms with Gasteiger partial charge in [-0.3, -0.25) is 9.59 Å². The summed E-state index contributed by atoms with van der Waals surface area (Å²) in [4.78, 5) is 26.0. The van der Waals surface area contributed by atoms with Crippen LogP contribution in [0.25, 0.3) is 0 Å². The second-order valence-electron chi connectivity index (χ2n) is 5.80. The number of hydrogen-bond donors (Lipinski definition) is 1. The second kappa shape index (κ2) is 9.84. The van der Waals surface area contributed by atoms with E-state index < -0.39 is 0 Å². The van der Waals surface area contributed by atoms with Gasteiger partial charge in [-0.2, -0.15) is 0 Å². The SMILES string of the molecule is CCN(Cc1ccccc1)C(=O)CC(=O)NCCc1ccc(Cl)cc1. The zero-order chi connectivity index (χ0) is 18.1. The van der Waals surface area contributed by atoms with Gasteiger partial charge < -0.3 is 10.2 Å². The van der Waals surface area contributed by atoms with Gasteiger partial charge in [0.1, 0.15) is 6.42 Å². The number of carbonyl (C=O) groups is 2. The molecule has 0 saturated heterocycles. The average molecular weight is 359 g/mol. The lowest BCUT2D eigenvalue weighted by Gasteiger charge is -2.20. The quantitative estimate of drug-likeness (QED) is 0.735. The van der Waals surface area contributed by atoms with Gasteiger partial charge in [-0.25, -0.2) is 0 Å². The minimum absolute atomic E-state index is 0.124. The maximum absolute atomic E-state index is 12.3. The molecule has 5 heteroatoms. The van der Waals surface area contributed by atoms with E-state index in [0.29, 0.717) is 31.1 Å². The van der Waals surface area contributed by atoms with Crippen molar-refractivity contribution in [2.24, 2.45) is 0 Å². The smallest absolute Gasteiger partial charge is 0.232 e. The van der Waals surface area contributed by atoms with Gasteiger partial charge in [0.15, 0.2) is 0 Å².